The predicted octanol–water partition coefficient (Wildman–Crippen LogP) is 4.05. The van der Waals surface area contributed by atoms with Gasteiger partial charge in [0, 0.05) is 16.2 Å². The molecule has 0 saturated heterocycles. The molecule has 0 amide bonds. The van der Waals surface area contributed by atoms with Gasteiger partial charge in [-0.15, -0.1) is 11.8 Å². The van der Waals surface area contributed by atoms with E-state index in [9.17, 15) is 4.39 Å². The molecule has 2 aromatic rings. The van der Waals surface area contributed by atoms with Crippen LogP contribution in [0.5, 0.6) is 0 Å². The SMILES string of the molecule is Cc1ccc(SCc2cc(F)cc(C#CCN)c2)c(C)c1. The topological polar surface area (TPSA) is 26.0 Å². The maximum atomic E-state index is 13.6. The summed E-state index contributed by atoms with van der Waals surface area (Å²) in [5.41, 5.74) is 9.46. The maximum absolute atomic E-state index is 13.6. The van der Waals surface area contributed by atoms with Crippen molar-refractivity contribution >= 4 is 11.8 Å². The van der Waals surface area contributed by atoms with E-state index in [-0.39, 0.29) is 12.4 Å². The Hall–Kier alpha value is -1.76. The van der Waals surface area contributed by atoms with E-state index < -0.39 is 0 Å². The first-order valence-electron chi connectivity index (χ1n) is 6.77. The largest absolute Gasteiger partial charge is 0.320 e. The second kappa shape index (κ2) is 7.31. The number of hydrogen-bond donors (Lipinski definition) is 1. The molecule has 2 rings (SSSR count). The van der Waals surface area contributed by atoms with Crippen molar-refractivity contribution < 1.29 is 4.39 Å². The average Bonchev–Trinajstić information content (AvgIpc) is 2.43. The molecule has 0 radical (unpaired) electrons. The number of thioether (sulfide) groups is 1. The lowest BCUT2D eigenvalue weighted by Crippen LogP contribution is -1.93. The van der Waals surface area contributed by atoms with Crippen LogP contribution in [-0.4, -0.2) is 6.54 Å². The molecule has 0 unspecified atom stereocenters. The minimum atomic E-state index is -0.255. The van der Waals surface area contributed by atoms with Gasteiger partial charge >= 0.3 is 0 Å². The Morgan fingerprint density at radius 2 is 1.95 bits per heavy atom. The molecule has 3 heteroatoms. The smallest absolute Gasteiger partial charge is 0.124 e. The quantitative estimate of drug-likeness (QED) is 0.683. The molecule has 0 aromatic heterocycles. The molecule has 1 nitrogen and oxygen atoms in total. The summed E-state index contributed by atoms with van der Waals surface area (Å²) < 4.78 is 13.6. The zero-order chi connectivity index (χ0) is 15.2. The summed E-state index contributed by atoms with van der Waals surface area (Å²) in [6.07, 6.45) is 0. The van der Waals surface area contributed by atoms with Gasteiger partial charge in [0.1, 0.15) is 5.82 Å². The first-order valence-corrected chi connectivity index (χ1v) is 7.75. The summed E-state index contributed by atoms with van der Waals surface area (Å²) in [6.45, 7) is 4.46. The lowest BCUT2D eigenvalue weighted by molar-refractivity contribution is 0.626. The van der Waals surface area contributed by atoms with E-state index in [1.165, 1.54) is 22.1 Å². The van der Waals surface area contributed by atoms with Gasteiger partial charge in [0.25, 0.3) is 0 Å². The highest BCUT2D eigenvalue weighted by atomic mass is 32.2. The Morgan fingerprint density at radius 1 is 1.14 bits per heavy atom. The summed E-state index contributed by atoms with van der Waals surface area (Å²) in [7, 11) is 0. The third-order valence-electron chi connectivity index (χ3n) is 3.02. The van der Waals surface area contributed by atoms with E-state index >= 15 is 0 Å². The van der Waals surface area contributed by atoms with Crippen molar-refractivity contribution in [1.29, 1.82) is 0 Å². The Bertz CT molecular complexity index is 698. The lowest BCUT2D eigenvalue weighted by atomic mass is 10.1. The molecule has 0 bridgehead atoms. The molecule has 0 spiro atoms. The second-order valence-electron chi connectivity index (χ2n) is 4.91. The van der Waals surface area contributed by atoms with Gasteiger partial charge < -0.3 is 5.73 Å². The highest BCUT2D eigenvalue weighted by Gasteiger charge is 2.03. The van der Waals surface area contributed by atoms with E-state index in [2.05, 4.69) is 43.9 Å². The molecule has 0 heterocycles. The van der Waals surface area contributed by atoms with Crippen LogP contribution >= 0.6 is 11.8 Å². The van der Waals surface area contributed by atoms with Crippen LogP contribution < -0.4 is 5.73 Å². The van der Waals surface area contributed by atoms with E-state index in [1.807, 2.05) is 6.07 Å². The van der Waals surface area contributed by atoms with Crippen LogP contribution in [0.4, 0.5) is 4.39 Å². The summed E-state index contributed by atoms with van der Waals surface area (Å²) in [4.78, 5) is 1.22. The fourth-order valence-electron chi connectivity index (χ4n) is 2.08. The Kier molecular flexibility index (Phi) is 5.44. The standard InChI is InChI=1S/C18H18FNS/c1-13-5-6-18(14(2)8-13)21-12-16-9-15(4-3-7-20)10-17(19)11-16/h5-6,8-11H,7,12,20H2,1-2H3. The number of benzene rings is 2. The maximum Gasteiger partial charge on any atom is 0.124 e. The van der Waals surface area contributed by atoms with Gasteiger partial charge in [0.15, 0.2) is 0 Å². The van der Waals surface area contributed by atoms with Crippen LogP contribution in [-0.2, 0) is 5.75 Å². The third kappa shape index (κ3) is 4.63. The van der Waals surface area contributed by atoms with Crippen LogP contribution in [0, 0.1) is 31.5 Å². The van der Waals surface area contributed by atoms with Crippen LogP contribution in [0.1, 0.15) is 22.3 Å². The Labute approximate surface area is 129 Å². The number of nitrogens with two attached hydrogens (primary N) is 1. The summed E-state index contributed by atoms with van der Waals surface area (Å²) >= 11 is 1.71. The van der Waals surface area contributed by atoms with Gasteiger partial charge in [-0.25, -0.2) is 4.39 Å². The van der Waals surface area contributed by atoms with Crippen molar-refractivity contribution in [2.75, 3.05) is 6.54 Å². The summed E-state index contributed by atoms with van der Waals surface area (Å²) in [6, 6.07) is 11.3. The monoisotopic (exact) mass is 299 g/mol. The first kappa shape index (κ1) is 15.6. The van der Waals surface area contributed by atoms with Crippen molar-refractivity contribution in [3.63, 3.8) is 0 Å². The van der Waals surface area contributed by atoms with Crippen molar-refractivity contribution in [3.05, 3.63) is 64.5 Å². The average molecular weight is 299 g/mol. The van der Waals surface area contributed by atoms with E-state index in [0.29, 0.717) is 5.56 Å². The minimum absolute atomic E-state index is 0.255. The molecule has 21 heavy (non-hydrogen) atoms. The predicted molar refractivity (Wildman–Crippen MR) is 87.8 cm³/mol. The summed E-state index contributed by atoms with van der Waals surface area (Å²) in [5, 5.41) is 0. The highest BCUT2D eigenvalue weighted by Crippen LogP contribution is 2.27. The fraction of sp³-hybridized carbons (Fsp3) is 0.222. The summed E-state index contributed by atoms with van der Waals surface area (Å²) in [5.74, 6) is 6.10. The number of hydrogen-bond acceptors (Lipinski definition) is 2. The molecule has 2 N–H and O–H groups in total. The van der Waals surface area contributed by atoms with Gasteiger partial charge in [0.05, 0.1) is 6.54 Å². The Balaban J connectivity index is 2.14. The van der Waals surface area contributed by atoms with E-state index in [0.717, 1.165) is 11.3 Å². The van der Waals surface area contributed by atoms with Crippen LogP contribution in [0.15, 0.2) is 41.3 Å². The first-order chi connectivity index (χ1) is 10.1. The molecule has 0 atom stereocenters. The van der Waals surface area contributed by atoms with Gasteiger partial charge in [-0.3, -0.25) is 0 Å². The van der Waals surface area contributed by atoms with Crippen molar-refractivity contribution in [3.8, 4) is 11.8 Å². The highest BCUT2D eigenvalue weighted by molar-refractivity contribution is 7.98. The molecule has 0 aliphatic carbocycles. The molecule has 0 saturated carbocycles. The molecule has 0 aliphatic rings. The number of rotatable bonds is 3. The van der Waals surface area contributed by atoms with Gasteiger partial charge in [-0.05, 0) is 49.2 Å². The van der Waals surface area contributed by atoms with Gasteiger partial charge in [0.2, 0.25) is 0 Å². The molecular weight excluding hydrogens is 281 g/mol. The molecular formula is C18H18FNS. The van der Waals surface area contributed by atoms with Crippen molar-refractivity contribution in [1.82, 2.24) is 0 Å². The molecule has 2 aromatic carbocycles. The molecule has 0 fully saturated rings. The van der Waals surface area contributed by atoms with Crippen LogP contribution in [0.2, 0.25) is 0 Å². The Morgan fingerprint density at radius 3 is 2.67 bits per heavy atom. The third-order valence-corrected chi connectivity index (χ3v) is 4.26. The van der Waals surface area contributed by atoms with Crippen LogP contribution in [0.25, 0.3) is 0 Å². The molecule has 108 valence electrons. The molecule has 0 aliphatic heterocycles. The van der Waals surface area contributed by atoms with Gasteiger partial charge in [-0.2, -0.15) is 0 Å². The minimum Gasteiger partial charge on any atom is -0.320 e. The fourth-order valence-corrected chi connectivity index (χ4v) is 3.02. The zero-order valence-electron chi connectivity index (χ0n) is 12.2. The van der Waals surface area contributed by atoms with Crippen molar-refractivity contribution in [2.45, 2.75) is 24.5 Å². The van der Waals surface area contributed by atoms with Gasteiger partial charge in [-0.1, -0.05) is 29.5 Å². The second-order valence-corrected chi connectivity index (χ2v) is 5.93. The van der Waals surface area contributed by atoms with E-state index in [1.54, 1.807) is 17.8 Å². The number of aryl methyl sites for hydroxylation is 2. The number of halogens is 1. The van der Waals surface area contributed by atoms with Crippen molar-refractivity contribution in [2.24, 2.45) is 5.73 Å². The van der Waals surface area contributed by atoms with E-state index in [4.69, 9.17) is 5.73 Å². The normalized spacial score (nSPS) is 10.1. The zero-order valence-corrected chi connectivity index (χ0v) is 13.1. The lowest BCUT2D eigenvalue weighted by Gasteiger charge is -2.07. The van der Waals surface area contributed by atoms with Crippen LogP contribution in [0.3, 0.4) is 0 Å².